The average Bonchev–Trinajstić information content (AvgIpc) is 2.72. The Hall–Kier alpha value is -1.40. The van der Waals surface area contributed by atoms with Gasteiger partial charge in [-0.3, -0.25) is 4.79 Å². The molecule has 1 unspecified atom stereocenters. The van der Waals surface area contributed by atoms with Crippen molar-refractivity contribution < 1.29 is 24.5 Å². The van der Waals surface area contributed by atoms with Gasteiger partial charge in [0.2, 0.25) is 11.4 Å². The molecule has 0 bridgehead atoms. The monoisotopic (exact) mass is 323 g/mol. The first-order chi connectivity index (χ1) is 10.9. The fourth-order valence-corrected chi connectivity index (χ4v) is 4.24. The quantitative estimate of drug-likeness (QED) is 0.510. The van der Waals surface area contributed by atoms with Crippen molar-refractivity contribution in [1.82, 2.24) is 5.32 Å². The Bertz CT molecular complexity index is 547. The largest absolute Gasteiger partial charge is 0.453 e. The standard InChI is InChI=1S/C17H25NO5/c1-3-11(19)9-12-14(21)18-17(15(22)23-16(12,17)2)13(20)10-7-5-4-6-8-10/h5,7,10-13,19-20H,3-4,6,8-9H2,1-2H3,(H,18,21)/t10-,11?,12+,13-,16+,17+/m1/s1. The van der Waals surface area contributed by atoms with Crippen LogP contribution in [0.3, 0.4) is 0 Å². The summed E-state index contributed by atoms with van der Waals surface area (Å²) < 4.78 is 5.38. The lowest BCUT2D eigenvalue weighted by Crippen LogP contribution is -2.80. The van der Waals surface area contributed by atoms with Crippen LogP contribution in [0.5, 0.6) is 0 Å². The molecule has 23 heavy (non-hydrogen) atoms. The first-order valence-electron chi connectivity index (χ1n) is 8.45. The second-order valence-corrected chi connectivity index (χ2v) is 7.11. The van der Waals surface area contributed by atoms with E-state index < -0.39 is 35.2 Å². The third kappa shape index (κ3) is 2.15. The molecular formula is C17H25NO5. The normalized spacial score (nSPS) is 41.6. The van der Waals surface area contributed by atoms with Gasteiger partial charge in [-0.1, -0.05) is 19.1 Å². The van der Waals surface area contributed by atoms with E-state index >= 15 is 0 Å². The van der Waals surface area contributed by atoms with Gasteiger partial charge in [-0.25, -0.2) is 4.79 Å². The lowest BCUT2D eigenvalue weighted by atomic mass is 9.64. The van der Waals surface area contributed by atoms with E-state index in [0.29, 0.717) is 6.42 Å². The number of esters is 1. The van der Waals surface area contributed by atoms with Crippen LogP contribution in [-0.2, 0) is 14.3 Å². The van der Waals surface area contributed by atoms with Gasteiger partial charge in [0.15, 0.2) is 5.60 Å². The van der Waals surface area contributed by atoms with Gasteiger partial charge in [0.05, 0.1) is 18.1 Å². The Balaban J connectivity index is 1.91. The summed E-state index contributed by atoms with van der Waals surface area (Å²) in [6, 6.07) is 0. The van der Waals surface area contributed by atoms with Crippen LogP contribution >= 0.6 is 0 Å². The number of nitrogens with one attached hydrogen (secondary N) is 1. The third-order valence-electron chi connectivity index (χ3n) is 5.83. The number of allylic oxidation sites excluding steroid dienone is 1. The highest BCUT2D eigenvalue weighted by molar-refractivity contribution is 6.01. The molecule has 2 heterocycles. The summed E-state index contributed by atoms with van der Waals surface area (Å²) in [4.78, 5) is 24.7. The smallest absolute Gasteiger partial charge is 0.339 e. The number of rotatable bonds is 5. The predicted octanol–water partition coefficient (Wildman–Crippen LogP) is 0.665. The van der Waals surface area contributed by atoms with E-state index in [1.165, 1.54) is 0 Å². The molecule has 6 heteroatoms. The number of ether oxygens (including phenoxy) is 1. The maximum Gasteiger partial charge on any atom is 0.339 e. The lowest BCUT2D eigenvalue weighted by Gasteiger charge is -2.54. The summed E-state index contributed by atoms with van der Waals surface area (Å²) in [7, 11) is 0. The Morgan fingerprint density at radius 1 is 1.43 bits per heavy atom. The molecule has 0 radical (unpaired) electrons. The van der Waals surface area contributed by atoms with E-state index in [0.717, 1.165) is 19.3 Å². The van der Waals surface area contributed by atoms with E-state index in [9.17, 15) is 19.8 Å². The zero-order valence-corrected chi connectivity index (χ0v) is 13.6. The summed E-state index contributed by atoms with van der Waals surface area (Å²) in [5.41, 5.74) is -2.50. The average molecular weight is 323 g/mol. The molecule has 3 rings (SSSR count). The summed E-state index contributed by atoms with van der Waals surface area (Å²) in [5, 5.41) is 23.5. The molecule has 2 saturated heterocycles. The molecule has 128 valence electrons. The minimum Gasteiger partial charge on any atom is -0.453 e. The van der Waals surface area contributed by atoms with Crippen molar-refractivity contribution in [1.29, 1.82) is 0 Å². The molecule has 0 saturated carbocycles. The molecule has 6 atom stereocenters. The number of hydrogen-bond donors (Lipinski definition) is 3. The number of aliphatic hydroxyl groups is 2. The van der Waals surface area contributed by atoms with Gasteiger partial charge in [-0.15, -0.1) is 0 Å². The highest BCUT2D eigenvalue weighted by Crippen LogP contribution is 2.53. The van der Waals surface area contributed by atoms with Crippen LogP contribution in [0.2, 0.25) is 0 Å². The van der Waals surface area contributed by atoms with Gasteiger partial charge in [0.1, 0.15) is 0 Å². The SMILES string of the molecule is CCC(O)C[C@H]1C(=O)N[C@@]2([C@H](O)[C@@H]3C=CCCC3)C(=O)O[C@@]12C. The number of carbonyl (C=O) groups excluding carboxylic acids is 2. The molecule has 6 nitrogen and oxygen atoms in total. The van der Waals surface area contributed by atoms with Crippen LogP contribution < -0.4 is 5.32 Å². The molecule has 3 aliphatic rings. The van der Waals surface area contributed by atoms with Crippen LogP contribution in [0.15, 0.2) is 12.2 Å². The van der Waals surface area contributed by atoms with Gasteiger partial charge in [-0.05, 0) is 39.0 Å². The zero-order chi connectivity index (χ0) is 16.8. The molecule has 0 aromatic rings. The van der Waals surface area contributed by atoms with Gasteiger partial charge >= 0.3 is 5.97 Å². The molecule has 0 spiro atoms. The molecule has 0 aromatic carbocycles. The van der Waals surface area contributed by atoms with Crippen molar-refractivity contribution >= 4 is 11.9 Å². The van der Waals surface area contributed by atoms with Gasteiger partial charge in [-0.2, -0.15) is 0 Å². The number of carbonyl (C=O) groups is 2. The fraction of sp³-hybridized carbons (Fsp3) is 0.765. The van der Waals surface area contributed by atoms with Crippen molar-refractivity contribution in [2.75, 3.05) is 0 Å². The summed E-state index contributed by atoms with van der Waals surface area (Å²) in [5.74, 6) is -1.72. The van der Waals surface area contributed by atoms with Crippen molar-refractivity contribution in [2.24, 2.45) is 11.8 Å². The second-order valence-electron chi connectivity index (χ2n) is 7.11. The van der Waals surface area contributed by atoms with Crippen molar-refractivity contribution in [3.05, 3.63) is 12.2 Å². The van der Waals surface area contributed by atoms with Gasteiger partial charge in [0.25, 0.3) is 0 Å². The maximum absolute atomic E-state index is 12.4. The lowest BCUT2D eigenvalue weighted by molar-refractivity contribution is -0.239. The van der Waals surface area contributed by atoms with Crippen LogP contribution in [-0.4, -0.2) is 45.4 Å². The molecule has 2 fully saturated rings. The van der Waals surface area contributed by atoms with E-state index in [1.807, 2.05) is 19.1 Å². The van der Waals surface area contributed by atoms with Crippen LogP contribution in [0.1, 0.15) is 46.0 Å². The van der Waals surface area contributed by atoms with Crippen LogP contribution in [0, 0.1) is 11.8 Å². The summed E-state index contributed by atoms with van der Waals surface area (Å²) >= 11 is 0. The fourth-order valence-electron chi connectivity index (χ4n) is 4.24. The zero-order valence-electron chi connectivity index (χ0n) is 13.6. The number of amides is 1. The first-order valence-corrected chi connectivity index (χ1v) is 8.45. The Kier molecular flexibility index (Phi) is 4.01. The topological polar surface area (TPSA) is 95.9 Å². The number of fused-ring (bicyclic) bond motifs is 1. The van der Waals surface area contributed by atoms with E-state index in [4.69, 9.17) is 4.74 Å². The second kappa shape index (κ2) is 5.60. The van der Waals surface area contributed by atoms with Crippen molar-refractivity contribution in [3.8, 4) is 0 Å². The Morgan fingerprint density at radius 3 is 2.74 bits per heavy atom. The van der Waals surface area contributed by atoms with Crippen LogP contribution in [0.4, 0.5) is 0 Å². The molecule has 1 amide bonds. The highest BCUT2D eigenvalue weighted by atomic mass is 16.6. The molecule has 3 N–H and O–H groups in total. The van der Waals surface area contributed by atoms with Crippen LogP contribution in [0.25, 0.3) is 0 Å². The Morgan fingerprint density at radius 2 is 2.17 bits per heavy atom. The summed E-state index contributed by atoms with van der Waals surface area (Å²) in [6.45, 7) is 3.52. The van der Waals surface area contributed by atoms with E-state index in [-0.39, 0.29) is 18.2 Å². The Labute approximate surface area is 135 Å². The van der Waals surface area contributed by atoms with Crippen molar-refractivity contribution in [2.45, 2.75) is 69.3 Å². The van der Waals surface area contributed by atoms with E-state index in [1.54, 1.807) is 6.92 Å². The maximum atomic E-state index is 12.4. The van der Waals surface area contributed by atoms with E-state index in [2.05, 4.69) is 5.32 Å². The van der Waals surface area contributed by atoms with Gasteiger partial charge in [0, 0.05) is 5.92 Å². The number of hydrogen-bond acceptors (Lipinski definition) is 5. The number of aliphatic hydroxyl groups excluding tert-OH is 2. The van der Waals surface area contributed by atoms with Crippen molar-refractivity contribution in [3.63, 3.8) is 0 Å². The first kappa shape index (κ1) is 16.5. The minimum atomic E-state index is -1.39. The molecule has 2 aliphatic heterocycles. The highest BCUT2D eigenvalue weighted by Gasteiger charge is 2.79. The molecule has 0 aromatic heterocycles. The third-order valence-corrected chi connectivity index (χ3v) is 5.83. The predicted molar refractivity (Wildman–Crippen MR) is 82.3 cm³/mol. The molecule has 1 aliphatic carbocycles. The summed E-state index contributed by atoms with van der Waals surface area (Å²) in [6.07, 6.45) is 5.72. The molecular weight excluding hydrogens is 298 g/mol. The van der Waals surface area contributed by atoms with Gasteiger partial charge < -0.3 is 20.3 Å². The minimum absolute atomic E-state index is 0.175.